The Morgan fingerprint density at radius 2 is 1.25 bits per heavy atom. The molecule has 0 amide bonds. The molecule has 4 heavy (non-hydrogen) atoms. The Morgan fingerprint density at radius 3 is 1.25 bits per heavy atom. The van der Waals surface area contributed by atoms with Crippen LogP contribution in [0, 0.1) is 0 Å². The normalized spacial score (nSPS) is 13.5. The Labute approximate surface area is 44.9 Å². The second kappa shape index (κ2) is 4.67. The monoisotopic (exact) mass is 222 g/mol. The molecule has 0 radical (unpaired) electrons. The van der Waals surface area contributed by atoms with Crippen LogP contribution in [0.3, 0.4) is 0 Å². The first kappa shape index (κ1) is 5.67. The minimum atomic E-state index is -0.464. The van der Waals surface area contributed by atoms with E-state index in [1.54, 1.807) is 0 Å². The van der Waals surface area contributed by atoms with Crippen LogP contribution in [0.15, 0.2) is 0 Å². The molecule has 0 aromatic rings. The third-order valence-corrected chi connectivity index (χ3v) is 17.4. The molecule has 0 saturated carbocycles. The molecule has 0 fully saturated rings. The zero-order valence-corrected chi connectivity index (χ0v) is 9.62. The summed E-state index contributed by atoms with van der Waals surface area (Å²) in [5, 5.41) is 0. The number of rotatable bonds is 1. The molecule has 0 rings (SSSR count). The van der Waals surface area contributed by atoms with Gasteiger partial charge in [0, 0.05) is 0 Å². The molecule has 0 aromatic heterocycles. The predicted octanol–water partition coefficient (Wildman–Crippen LogP) is -0.453. The Hall–Kier alpha value is 1.67. The molecule has 0 aliphatic rings. The van der Waals surface area contributed by atoms with Gasteiger partial charge in [0.2, 0.25) is 0 Å². The van der Waals surface area contributed by atoms with Crippen LogP contribution in [-0.2, 0) is 0 Å². The van der Waals surface area contributed by atoms with E-state index in [-0.39, 0.29) is 0 Å². The van der Waals surface area contributed by atoms with Gasteiger partial charge in [-0.25, -0.2) is 0 Å². The fraction of sp³-hybridized carbons (Fsp3) is 0. The number of hydrogen-bond donors (Lipinski definition) is 0. The first-order valence-electron chi connectivity index (χ1n) is 1.03. The zero-order valence-electron chi connectivity index (χ0n) is 2.17. The van der Waals surface area contributed by atoms with Crippen molar-refractivity contribution in [1.29, 1.82) is 0 Å². The number of hydrogen-bond acceptors (Lipinski definition) is 0. The molecule has 0 aliphatic carbocycles. The maximum atomic E-state index is 5.32. The molecule has 0 unspecified atom stereocenters. The molecule has 0 saturated heterocycles. The molecule has 0 heterocycles. The van der Waals surface area contributed by atoms with E-state index in [0.717, 1.165) is 0 Å². The van der Waals surface area contributed by atoms with Gasteiger partial charge in [0.1, 0.15) is 0 Å². The van der Waals surface area contributed by atoms with Gasteiger partial charge in [-0.1, -0.05) is 0 Å². The summed E-state index contributed by atoms with van der Waals surface area (Å²) in [5.41, 5.74) is 0. The van der Waals surface area contributed by atoms with Crippen molar-refractivity contribution >= 4 is 45.1 Å². The van der Waals surface area contributed by atoms with Gasteiger partial charge in [0.15, 0.2) is 0 Å². The van der Waals surface area contributed by atoms with Gasteiger partial charge in [0.05, 0.1) is 0 Å². The van der Waals surface area contributed by atoms with Crippen molar-refractivity contribution in [1.82, 2.24) is 0 Å². The molecule has 0 aliphatic heterocycles. The Bertz CT molecular complexity index is 6.00. The molecule has 0 bridgehead atoms. The Morgan fingerprint density at radius 1 is 1.00 bits per heavy atom. The van der Waals surface area contributed by atoms with Gasteiger partial charge in [-0.15, -0.1) is 0 Å². The van der Waals surface area contributed by atoms with Crippen molar-refractivity contribution in [2.75, 3.05) is 0 Å². The molecule has 0 N–H and O–H groups in total. The summed E-state index contributed by atoms with van der Waals surface area (Å²) in [6, 6.07) is 0. The first-order chi connectivity index (χ1) is 1.91. The third-order valence-electron chi connectivity index (χ3n) is 0.0714. The molecule has 26 valence electrons. The van der Waals surface area contributed by atoms with Crippen molar-refractivity contribution < 1.29 is 0 Å². The van der Waals surface area contributed by atoms with Crippen LogP contribution in [0.25, 0.3) is 0 Å². The summed E-state index contributed by atoms with van der Waals surface area (Å²) in [4.78, 5) is 0. The van der Waals surface area contributed by atoms with Crippen LogP contribution < -0.4 is 0 Å². The summed E-state index contributed by atoms with van der Waals surface area (Å²) in [5.74, 6) is 0. The SMILES string of the molecule is [Cl][GeH2][GeH2][Cl]. The van der Waals surface area contributed by atoms with Gasteiger partial charge >= 0.3 is 45.1 Å². The van der Waals surface area contributed by atoms with Crippen molar-refractivity contribution in [3.05, 3.63) is 0 Å². The zero-order chi connectivity index (χ0) is 3.41. The third kappa shape index (κ3) is 3.67. The van der Waals surface area contributed by atoms with E-state index >= 15 is 0 Å². The van der Waals surface area contributed by atoms with E-state index in [1.807, 2.05) is 0 Å². The second-order valence-electron chi connectivity index (χ2n) is 0.378. The standard InChI is InChI=1S/Cl2Ge2H4/c1-3-4-2/h3-4H2. The van der Waals surface area contributed by atoms with Gasteiger partial charge in [0.25, 0.3) is 0 Å². The molecule has 0 atom stereocenters. The molecule has 4 heteroatoms. The van der Waals surface area contributed by atoms with Crippen molar-refractivity contribution in [3.63, 3.8) is 0 Å². The molecule has 0 aromatic carbocycles. The maximum absolute atomic E-state index is 5.32. The summed E-state index contributed by atoms with van der Waals surface area (Å²) in [6.45, 7) is 0. The summed E-state index contributed by atoms with van der Waals surface area (Å²) < 4.78 is 0. The number of halogens is 2. The van der Waals surface area contributed by atoms with E-state index in [1.165, 1.54) is 0 Å². The second-order valence-corrected chi connectivity index (χ2v) is 30.6. The van der Waals surface area contributed by atoms with Crippen molar-refractivity contribution in [2.24, 2.45) is 0 Å². The summed E-state index contributed by atoms with van der Waals surface area (Å²) in [6.07, 6.45) is 0. The van der Waals surface area contributed by atoms with E-state index in [4.69, 9.17) is 20.0 Å². The first-order valence-corrected chi connectivity index (χ1v) is 21.8. The molecular formula is H4Cl2Ge2. The van der Waals surface area contributed by atoms with Crippen LogP contribution >= 0.6 is 20.0 Å². The summed E-state index contributed by atoms with van der Waals surface area (Å²) >= 11 is -0.927. The van der Waals surface area contributed by atoms with E-state index in [2.05, 4.69) is 0 Å². The van der Waals surface area contributed by atoms with E-state index in [9.17, 15) is 0 Å². The van der Waals surface area contributed by atoms with Crippen LogP contribution in [0.2, 0.25) is 0 Å². The fourth-order valence-corrected chi connectivity index (χ4v) is 0. The fourth-order valence-electron chi connectivity index (χ4n) is 0. The molecule has 0 nitrogen and oxygen atoms in total. The topological polar surface area (TPSA) is 0 Å². The Balaban J connectivity index is 1.97. The van der Waals surface area contributed by atoms with Gasteiger partial charge in [-0.2, -0.15) is 0 Å². The van der Waals surface area contributed by atoms with Crippen LogP contribution in [0.5, 0.6) is 0 Å². The summed E-state index contributed by atoms with van der Waals surface area (Å²) in [7, 11) is 10.6. The average Bonchev–Trinajstić information content (AvgIpc) is 1.37. The van der Waals surface area contributed by atoms with Crippen molar-refractivity contribution in [3.8, 4) is 0 Å². The van der Waals surface area contributed by atoms with E-state index < -0.39 is 25.1 Å². The van der Waals surface area contributed by atoms with Crippen molar-refractivity contribution in [2.45, 2.75) is 0 Å². The molecule has 0 spiro atoms. The van der Waals surface area contributed by atoms with Crippen LogP contribution in [-0.4, -0.2) is 25.1 Å². The average molecular weight is 220 g/mol. The van der Waals surface area contributed by atoms with E-state index in [0.29, 0.717) is 0 Å². The van der Waals surface area contributed by atoms with Gasteiger partial charge in [-0.3, -0.25) is 0 Å². The Kier molecular flexibility index (Phi) is 6.61. The predicted molar refractivity (Wildman–Crippen MR) is 28.8 cm³/mol. The minimum absolute atomic E-state index is 0.464. The van der Waals surface area contributed by atoms with Crippen LogP contribution in [0.1, 0.15) is 0 Å². The quantitative estimate of drug-likeness (QED) is 0.525. The van der Waals surface area contributed by atoms with Crippen LogP contribution in [0.4, 0.5) is 0 Å². The van der Waals surface area contributed by atoms with Gasteiger partial charge in [-0.05, 0) is 0 Å². The van der Waals surface area contributed by atoms with Gasteiger partial charge < -0.3 is 0 Å². The molecular weight excluding hydrogens is 216 g/mol.